The van der Waals surface area contributed by atoms with E-state index < -0.39 is 5.60 Å². The molecular formula is C13H21NO3S. The molecule has 0 bridgehead atoms. The van der Waals surface area contributed by atoms with Gasteiger partial charge in [0.2, 0.25) is 0 Å². The predicted molar refractivity (Wildman–Crippen MR) is 72.7 cm³/mol. The summed E-state index contributed by atoms with van der Waals surface area (Å²) >= 11 is 1.66. The van der Waals surface area contributed by atoms with Crippen molar-refractivity contribution in [1.82, 2.24) is 0 Å². The smallest absolute Gasteiger partial charge is 0.355 e. The highest BCUT2D eigenvalue weighted by atomic mass is 32.2. The van der Waals surface area contributed by atoms with Crippen molar-refractivity contribution in [2.24, 2.45) is 16.5 Å². The van der Waals surface area contributed by atoms with Gasteiger partial charge in [-0.15, -0.1) is 0 Å². The van der Waals surface area contributed by atoms with Gasteiger partial charge in [0.15, 0.2) is 0 Å². The van der Waals surface area contributed by atoms with E-state index in [1.165, 1.54) is 7.11 Å². The molecule has 1 aliphatic heterocycles. The topological polar surface area (TPSA) is 47.9 Å². The Kier molecular flexibility index (Phi) is 3.38. The summed E-state index contributed by atoms with van der Waals surface area (Å²) in [6.07, 6.45) is 3.92. The van der Waals surface area contributed by atoms with E-state index in [-0.39, 0.29) is 22.6 Å². The molecule has 0 N–H and O–H groups in total. The van der Waals surface area contributed by atoms with E-state index in [9.17, 15) is 4.79 Å². The van der Waals surface area contributed by atoms with Crippen molar-refractivity contribution in [3.8, 4) is 0 Å². The summed E-state index contributed by atoms with van der Waals surface area (Å²) in [5.41, 5.74) is 0.0225. The van der Waals surface area contributed by atoms with Crippen molar-refractivity contribution in [3.63, 3.8) is 0 Å². The number of methoxy groups -OCH3 is 1. The zero-order valence-corrected chi connectivity index (χ0v) is 12.5. The number of carbonyl (C=O) groups excluding carboxylic acids is 1. The van der Waals surface area contributed by atoms with Crippen molar-refractivity contribution < 1.29 is 14.4 Å². The molecule has 0 aromatic carbocycles. The number of hydrogen-bond acceptors (Lipinski definition) is 5. The highest BCUT2D eigenvalue weighted by Crippen LogP contribution is 2.51. The van der Waals surface area contributed by atoms with Gasteiger partial charge in [0.25, 0.3) is 5.60 Å². The lowest BCUT2D eigenvalue weighted by Crippen LogP contribution is -2.51. The van der Waals surface area contributed by atoms with Crippen LogP contribution >= 0.6 is 11.8 Å². The molecule has 3 atom stereocenters. The summed E-state index contributed by atoms with van der Waals surface area (Å²) in [7, 11) is 1.42. The standard InChI is InChI=1S/C13H21NO3S/c1-12(2,3)10-8-6-7-9(18-5)13(8,17-14-10)11(15)16-4/h8-9H,6-7H2,1-5H3. The molecule has 1 fully saturated rings. The summed E-state index contributed by atoms with van der Waals surface area (Å²) in [5.74, 6) is -0.227. The Balaban J connectivity index is 2.39. The fourth-order valence-electron chi connectivity index (χ4n) is 3.04. The molecule has 2 aliphatic rings. The van der Waals surface area contributed by atoms with Crippen LogP contribution in [-0.2, 0) is 14.4 Å². The molecule has 2 rings (SSSR count). The largest absolute Gasteiger partial charge is 0.466 e. The fraction of sp³-hybridized carbons (Fsp3) is 0.846. The van der Waals surface area contributed by atoms with E-state index in [2.05, 4.69) is 25.9 Å². The van der Waals surface area contributed by atoms with Gasteiger partial charge in [-0.25, -0.2) is 4.79 Å². The first-order valence-corrected chi connectivity index (χ1v) is 7.54. The van der Waals surface area contributed by atoms with Gasteiger partial charge in [-0.2, -0.15) is 11.8 Å². The van der Waals surface area contributed by atoms with E-state index in [1.54, 1.807) is 11.8 Å². The van der Waals surface area contributed by atoms with Crippen LogP contribution in [0, 0.1) is 11.3 Å². The molecule has 0 aromatic heterocycles. The molecule has 0 amide bonds. The zero-order chi connectivity index (χ0) is 13.6. The van der Waals surface area contributed by atoms with Gasteiger partial charge in [-0.1, -0.05) is 25.9 Å². The molecule has 1 saturated carbocycles. The van der Waals surface area contributed by atoms with Crippen LogP contribution in [0.4, 0.5) is 0 Å². The molecule has 3 unspecified atom stereocenters. The number of esters is 1. The average molecular weight is 271 g/mol. The lowest BCUT2D eigenvalue weighted by atomic mass is 9.76. The van der Waals surface area contributed by atoms with Gasteiger partial charge in [0, 0.05) is 5.41 Å². The van der Waals surface area contributed by atoms with Crippen LogP contribution < -0.4 is 0 Å². The number of oxime groups is 1. The van der Waals surface area contributed by atoms with Crippen LogP contribution in [0.25, 0.3) is 0 Å². The average Bonchev–Trinajstić information content (AvgIpc) is 2.83. The van der Waals surface area contributed by atoms with E-state index in [4.69, 9.17) is 9.57 Å². The van der Waals surface area contributed by atoms with Crippen LogP contribution in [0.15, 0.2) is 5.16 Å². The molecule has 0 aromatic rings. The molecule has 4 nitrogen and oxygen atoms in total. The van der Waals surface area contributed by atoms with E-state index >= 15 is 0 Å². The van der Waals surface area contributed by atoms with Crippen molar-refractivity contribution in [1.29, 1.82) is 0 Å². The maximum atomic E-state index is 12.2. The van der Waals surface area contributed by atoms with Crippen LogP contribution in [0.3, 0.4) is 0 Å². The Hall–Kier alpha value is -0.710. The second kappa shape index (κ2) is 4.44. The second-order valence-corrected chi connectivity index (χ2v) is 7.00. The summed E-state index contributed by atoms with van der Waals surface area (Å²) in [4.78, 5) is 17.9. The quantitative estimate of drug-likeness (QED) is 0.724. The van der Waals surface area contributed by atoms with Crippen LogP contribution in [0.5, 0.6) is 0 Å². The maximum Gasteiger partial charge on any atom is 0.355 e. The molecule has 102 valence electrons. The van der Waals surface area contributed by atoms with E-state index in [1.807, 2.05) is 6.26 Å². The van der Waals surface area contributed by atoms with Gasteiger partial charge in [-0.05, 0) is 19.1 Å². The van der Waals surface area contributed by atoms with Gasteiger partial charge in [0.05, 0.1) is 24.0 Å². The second-order valence-electron chi connectivity index (χ2n) is 5.96. The minimum absolute atomic E-state index is 0.0578. The van der Waals surface area contributed by atoms with Gasteiger partial charge >= 0.3 is 5.97 Å². The van der Waals surface area contributed by atoms with Crippen LogP contribution in [0.2, 0.25) is 0 Å². The lowest BCUT2D eigenvalue weighted by Gasteiger charge is -2.30. The van der Waals surface area contributed by atoms with Crippen molar-refractivity contribution in [3.05, 3.63) is 0 Å². The Bertz CT molecular complexity index is 388. The molecule has 1 aliphatic carbocycles. The number of ether oxygens (including phenoxy) is 1. The summed E-state index contributed by atoms with van der Waals surface area (Å²) < 4.78 is 4.98. The third-order valence-corrected chi connectivity index (χ3v) is 5.05. The summed E-state index contributed by atoms with van der Waals surface area (Å²) in [6, 6.07) is 0. The summed E-state index contributed by atoms with van der Waals surface area (Å²) in [5, 5.41) is 4.36. The van der Waals surface area contributed by atoms with Gasteiger partial charge < -0.3 is 9.57 Å². The van der Waals surface area contributed by atoms with Crippen molar-refractivity contribution >= 4 is 23.4 Å². The Labute approximate surface area is 112 Å². The van der Waals surface area contributed by atoms with Crippen molar-refractivity contribution in [2.45, 2.75) is 44.5 Å². The van der Waals surface area contributed by atoms with E-state index in [0.29, 0.717) is 0 Å². The van der Waals surface area contributed by atoms with Crippen molar-refractivity contribution in [2.75, 3.05) is 13.4 Å². The monoisotopic (exact) mass is 271 g/mol. The minimum Gasteiger partial charge on any atom is -0.466 e. The first-order valence-electron chi connectivity index (χ1n) is 6.25. The number of nitrogens with zero attached hydrogens (tertiary/aromatic N) is 1. The first kappa shape index (κ1) is 13.7. The number of carbonyl (C=O) groups is 1. The van der Waals surface area contributed by atoms with Crippen LogP contribution in [-0.4, -0.2) is 35.9 Å². The predicted octanol–water partition coefficient (Wildman–Crippen LogP) is 2.47. The number of fused-ring (bicyclic) bond motifs is 1. The lowest BCUT2D eigenvalue weighted by molar-refractivity contribution is -0.167. The van der Waals surface area contributed by atoms with Gasteiger partial charge in [-0.3, -0.25) is 0 Å². The molecule has 0 saturated heterocycles. The van der Waals surface area contributed by atoms with Crippen LogP contribution in [0.1, 0.15) is 33.6 Å². The fourth-order valence-corrected chi connectivity index (χ4v) is 4.07. The normalized spacial score (nSPS) is 34.8. The minimum atomic E-state index is -0.892. The Morgan fingerprint density at radius 1 is 1.50 bits per heavy atom. The third-order valence-electron chi connectivity index (χ3n) is 3.90. The zero-order valence-electron chi connectivity index (χ0n) is 11.6. The Morgan fingerprint density at radius 3 is 2.67 bits per heavy atom. The molecule has 18 heavy (non-hydrogen) atoms. The van der Waals surface area contributed by atoms with E-state index in [0.717, 1.165) is 18.6 Å². The highest BCUT2D eigenvalue weighted by Gasteiger charge is 2.65. The summed E-state index contributed by atoms with van der Waals surface area (Å²) in [6.45, 7) is 6.32. The van der Waals surface area contributed by atoms with Gasteiger partial charge in [0.1, 0.15) is 0 Å². The molecule has 0 spiro atoms. The molecule has 0 radical (unpaired) electrons. The molecule has 1 heterocycles. The number of rotatable bonds is 2. The number of thioether (sulfide) groups is 1. The Morgan fingerprint density at radius 2 is 2.17 bits per heavy atom. The first-order chi connectivity index (χ1) is 8.37. The number of hydrogen-bond donors (Lipinski definition) is 0. The SMILES string of the molecule is COC(=O)C12ON=C(C(C)(C)C)C1CCC2SC. The highest BCUT2D eigenvalue weighted by molar-refractivity contribution is 7.99. The molecule has 5 heteroatoms. The third kappa shape index (κ3) is 1.75. The molecular weight excluding hydrogens is 250 g/mol. The maximum absolute atomic E-state index is 12.2.